The van der Waals surface area contributed by atoms with Gasteiger partial charge in [0.15, 0.2) is 0 Å². The molecule has 0 saturated heterocycles. The summed E-state index contributed by atoms with van der Waals surface area (Å²) in [6, 6.07) is 26.8. The minimum atomic E-state index is 0.584. The second-order valence-electron chi connectivity index (χ2n) is 8.94. The molecule has 0 heterocycles. The molecule has 4 rings (SSSR count). The van der Waals surface area contributed by atoms with Crippen LogP contribution in [0.4, 0.5) is 0 Å². The summed E-state index contributed by atoms with van der Waals surface area (Å²) in [6.07, 6.45) is 10.3. The molecule has 0 aromatic heterocycles. The van der Waals surface area contributed by atoms with E-state index < -0.39 is 0 Å². The summed E-state index contributed by atoms with van der Waals surface area (Å²) >= 11 is 0. The predicted molar refractivity (Wildman–Crippen MR) is 137 cm³/mol. The van der Waals surface area contributed by atoms with Gasteiger partial charge in [-0.2, -0.15) is 0 Å². The van der Waals surface area contributed by atoms with Crippen LogP contribution in [0.3, 0.4) is 0 Å². The van der Waals surface area contributed by atoms with E-state index in [0.717, 1.165) is 11.8 Å². The van der Waals surface area contributed by atoms with Gasteiger partial charge in [-0.1, -0.05) is 84.9 Å². The Labute approximate surface area is 193 Å². The summed E-state index contributed by atoms with van der Waals surface area (Å²) in [7, 11) is 0. The van der Waals surface area contributed by atoms with Crippen molar-refractivity contribution in [1.29, 1.82) is 0 Å². The van der Waals surface area contributed by atoms with Gasteiger partial charge in [-0.25, -0.2) is 0 Å². The fraction of sp³-hybridized carbons (Fsp3) is 0.290. The molecular formula is C31H34O. The molecule has 0 amide bonds. The van der Waals surface area contributed by atoms with Gasteiger partial charge in [0.05, 0.1) is 13.2 Å². The highest BCUT2D eigenvalue weighted by molar-refractivity contribution is 5.70. The van der Waals surface area contributed by atoms with Crippen molar-refractivity contribution in [3.05, 3.63) is 109 Å². The number of allylic oxidation sites excluding steroid dienone is 1. The van der Waals surface area contributed by atoms with Crippen LogP contribution in [0.2, 0.25) is 0 Å². The molecule has 1 nitrogen and oxygen atoms in total. The van der Waals surface area contributed by atoms with Crippen molar-refractivity contribution in [3.63, 3.8) is 0 Å². The van der Waals surface area contributed by atoms with Crippen LogP contribution in [-0.2, 0) is 11.3 Å². The standard InChI is InChI=1S/C31H34O/c1-3-5-24-6-10-26(11-7-24)28-14-18-30(19-15-28)31-20-16-29(17-21-31)27-12-8-25(9-13-27)23-32-22-4-2/h3-4,8-9,12-21,24,26H,1-2,5-7,10-11,22-23H2/t24-,26-. The number of hydrogen-bond donors (Lipinski definition) is 0. The molecular weight excluding hydrogens is 388 g/mol. The molecule has 0 radical (unpaired) electrons. The highest BCUT2D eigenvalue weighted by Crippen LogP contribution is 2.37. The lowest BCUT2D eigenvalue weighted by Crippen LogP contribution is -2.12. The molecule has 1 aliphatic carbocycles. The predicted octanol–water partition coefficient (Wildman–Crippen LogP) is 8.57. The minimum Gasteiger partial charge on any atom is -0.373 e. The Morgan fingerprint density at radius 3 is 1.66 bits per heavy atom. The van der Waals surface area contributed by atoms with E-state index in [9.17, 15) is 0 Å². The molecule has 1 aliphatic rings. The molecule has 0 atom stereocenters. The maximum absolute atomic E-state index is 5.52. The molecule has 1 fully saturated rings. The van der Waals surface area contributed by atoms with E-state index in [1.54, 1.807) is 6.08 Å². The molecule has 0 unspecified atom stereocenters. The minimum absolute atomic E-state index is 0.584. The third-order valence-electron chi connectivity index (χ3n) is 6.74. The Morgan fingerprint density at radius 1 is 0.656 bits per heavy atom. The van der Waals surface area contributed by atoms with E-state index in [-0.39, 0.29) is 0 Å². The highest BCUT2D eigenvalue weighted by atomic mass is 16.5. The largest absolute Gasteiger partial charge is 0.373 e. The van der Waals surface area contributed by atoms with Gasteiger partial charge in [0.1, 0.15) is 0 Å². The van der Waals surface area contributed by atoms with Crippen LogP contribution in [0.5, 0.6) is 0 Å². The monoisotopic (exact) mass is 422 g/mol. The quantitative estimate of drug-likeness (QED) is 0.248. The fourth-order valence-electron chi connectivity index (χ4n) is 4.82. The Balaban J connectivity index is 1.37. The van der Waals surface area contributed by atoms with Crippen molar-refractivity contribution >= 4 is 0 Å². The fourth-order valence-corrected chi connectivity index (χ4v) is 4.82. The SMILES string of the molecule is C=CCOCc1ccc(-c2ccc(-c3ccc([C@H]4CC[C@H](CC=C)CC4)cc3)cc2)cc1. The highest BCUT2D eigenvalue weighted by Gasteiger charge is 2.21. The van der Waals surface area contributed by atoms with E-state index in [4.69, 9.17) is 4.74 Å². The first-order valence-electron chi connectivity index (χ1n) is 11.9. The van der Waals surface area contributed by atoms with Gasteiger partial charge in [-0.05, 0) is 77.3 Å². The third kappa shape index (κ3) is 5.66. The van der Waals surface area contributed by atoms with Gasteiger partial charge in [0.25, 0.3) is 0 Å². The lowest BCUT2D eigenvalue weighted by molar-refractivity contribution is 0.149. The zero-order valence-electron chi connectivity index (χ0n) is 19.0. The normalized spacial score (nSPS) is 18.2. The molecule has 3 aromatic carbocycles. The smallest absolute Gasteiger partial charge is 0.0721 e. The first kappa shape index (κ1) is 22.3. The van der Waals surface area contributed by atoms with Gasteiger partial charge in [0.2, 0.25) is 0 Å². The number of rotatable bonds is 9. The van der Waals surface area contributed by atoms with Gasteiger partial charge < -0.3 is 4.74 Å². The average molecular weight is 423 g/mol. The van der Waals surface area contributed by atoms with Crippen LogP contribution in [0, 0.1) is 5.92 Å². The van der Waals surface area contributed by atoms with Gasteiger partial charge in [-0.3, -0.25) is 0 Å². The molecule has 1 heteroatoms. The Bertz CT molecular complexity index is 988. The van der Waals surface area contributed by atoms with Crippen LogP contribution in [0.1, 0.15) is 49.1 Å². The summed E-state index contributed by atoms with van der Waals surface area (Å²) < 4.78 is 5.52. The van der Waals surface area contributed by atoms with E-state index in [2.05, 4.69) is 92.0 Å². The van der Waals surface area contributed by atoms with Crippen LogP contribution >= 0.6 is 0 Å². The van der Waals surface area contributed by atoms with Crippen molar-refractivity contribution in [2.45, 2.75) is 44.6 Å². The van der Waals surface area contributed by atoms with Gasteiger partial charge >= 0.3 is 0 Å². The van der Waals surface area contributed by atoms with Crippen LogP contribution in [-0.4, -0.2) is 6.61 Å². The third-order valence-corrected chi connectivity index (χ3v) is 6.74. The van der Waals surface area contributed by atoms with Crippen molar-refractivity contribution in [2.24, 2.45) is 5.92 Å². The number of ether oxygens (including phenoxy) is 1. The molecule has 0 aliphatic heterocycles. The second-order valence-corrected chi connectivity index (χ2v) is 8.94. The molecule has 0 bridgehead atoms. The van der Waals surface area contributed by atoms with E-state index in [0.29, 0.717) is 13.2 Å². The van der Waals surface area contributed by atoms with E-state index in [1.807, 2.05) is 0 Å². The lowest BCUT2D eigenvalue weighted by Gasteiger charge is -2.28. The molecule has 0 spiro atoms. The molecule has 1 saturated carbocycles. The summed E-state index contributed by atoms with van der Waals surface area (Å²) in [5, 5.41) is 0. The zero-order chi connectivity index (χ0) is 22.2. The van der Waals surface area contributed by atoms with E-state index in [1.165, 1.54) is 65.5 Å². The summed E-state index contributed by atoms with van der Waals surface area (Å²) in [6.45, 7) is 8.79. The first-order chi connectivity index (χ1) is 15.8. The maximum Gasteiger partial charge on any atom is 0.0721 e. The Kier molecular flexibility index (Phi) is 7.74. The molecule has 0 N–H and O–H groups in total. The summed E-state index contributed by atoms with van der Waals surface area (Å²) in [4.78, 5) is 0. The zero-order valence-corrected chi connectivity index (χ0v) is 19.0. The molecule has 32 heavy (non-hydrogen) atoms. The maximum atomic E-state index is 5.52. The van der Waals surface area contributed by atoms with Crippen LogP contribution < -0.4 is 0 Å². The van der Waals surface area contributed by atoms with Crippen molar-refractivity contribution in [3.8, 4) is 22.3 Å². The topological polar surface area (TPSA) is 9.23 Å². The van der Waals surface area contributed by atoms with Crippen molar-refractivity contribution < 1.29 is 4.74 Å². The van der Waals surface area contributed by atoms with Crippen LogP contribution in [0.15, 0.2) is 98.1 Å². The lowest BCUT2D eigenvalue weighted by atomic mass is 9.77. The average Bonchev–Trinajstić information content (AvgIpc) is 2.86. The summed E-state index contributed by atoms with van der Waals surface area (Å²) in [5.74, 6) is 1.57. The van der Waals surface area contributed by atoms with Crippen molar-refractivity contribution in [1.82, 2.24) is 0 Å². The number of benzene rings is 3. The second kappa shape index (κ2) is 11.1. The molecule has 164 valence electrons. The first-order valence-corrected chi connectivity index (χ1v) is 11.9. The van der Waals surface area contributed by atoms with Crippen LogP contribution in [0.25, 0.3) is 22.3 Å². The van der Waals surface area contributed by atoms with Gasteiger partial charge in [-0.15, -0.1) is 13.2 Å². The Morgan fingerprint density at radius 2 is 1.16 bits per heavy atom. The van der Waals surface area contributed by atoms with Crippen molar-refractivity contribution in [2.75, 3.05) is 6.61 Å². The Hall–Kier alpha value is -2.90. The van der Waals surface area contributed by atoms with E-state index >= 15 is 0 Å². The van der Waals surface area contributed by atoms with Gasteiger partial charge in [0, 0.05) is 0 Å². The summed E-state index contributed by atoms with van der Waals surface area (Å²) in [5.41, 5.74) is 7.70. The number of hydrogen-bond acceptors (Lipinski definition) is 1. The molecule has 3 aromatic rings.